The molecule has 6 heteroatoms. The molecule has 0 unspecified atom stereocenters. The summed E-state index contributed by atoms with van der Waals surface area (Å²) in [6, 6.07) is 1.59. The van der Waals surface area contributed by atoms with E-state index < -0.39 is 28.9 Å². The first-order valence-corrected chi connectivity index (χ1v) is 5.52. The van der Waals surface area contributed by atoms with E-state index in [2.05, 4.69) is 5.32 Å². The highest BCUT2D eigenvalue weighted by Gasteiger charge is 2.42. The summed E-state index contributed by atoms with van der Waals surface area (Å²) in [4.78, 5) is 11.6. The Kier molecular flexibility index (Phi) is 3.30. The van der Waals surface area contributed by atoms with Gasteiger partial charge in [0, 0.05) is 12.0 Å². The molecule has 1 saturated carbocycles. The third-order valence-corrected chi connectivity index (χ3v) is 3.20. The van der Waals surface area contributed by atoms with Gasteiger partial charge in [0.05, 0.1) is 12.2 Å². The fraction of sp³-hybridized carbons (Fsp3) is 0.417. The summed E-state index contributed by atoms with van der Waals surface area (Å²) in [5.41, 5.74) is -0.868. The van der Waals surface area contributed by atoms with E-state index in [1.807, 2.05) is 0 Å². The van der Waals surface area contributed by atoms with Gasteiger partial charge in [0.1, 0.15) is 0 Å². The number of carbonyl (C=O) groups excluding carboxylic acids is 1. The number of amides is 1. The molecule has 98 valence electrons. The van der Waals surface area contributed by atoms with E-state index in [0.29, 0.717) is 6.07 Å². The Labute approximate surface area is 102 Å². The predicted octanol–water partition coefficient (Wildman–Crippen LogP) is 1.61. The fourth-order valence-corrected chi connectivity index (χ4v) is 1.63. The first kappa shape index (κ1) is 12.9. The zero-order valence-electron chi connectivity index (χ0n) is 9.47. The van der Waals surface area contributed by atoms with Crippen LogP contribution in [0.3, 0.4) is 0 Å². The van der Waals surface area contributed by atoms with Gasteiger partial charge in [0.25, 0.3) is 5.91 Å². The summed E-state index contributed by atoms with van der Waals surface area (Å²) in [5.74, 6) is -5.31. The van der Waals surface area contributed by atoms with Crippen molar-refractivity contribution in [1.29, 1.82) is 0 Å². The van der Waals surface area contributed by atoms with Crippen molar-refractivity contribution >= 4 is 5.91 Å². The van der Waals surface area contributed by atoms with Crippen molar-refractivity contribution in [3.63, 3.8) is 0 Å². The van der Waals surface area contributed by atoms with Crippen LogP contribution in [-0.2, 0) is 0 Å². The molecule has 1 aliphatic carbocycles. The Balaban J connectivity index is 2.07. The molecule has 1 aromatic carbocycles. The standard InChI is InChI=1S/C12H12F3NO2/c13-8-2-1-7(9(14)10(8)15)11(18)16-5-12(6-17)3-4-12/h1-2,17H,3-6H2,(H,16,18). The van der Waals surface area contributed by atoms with E-state index in [1.165, 1.54) is 0 Å². The van der Waals surface area contributed by atoms with Gasteiger partial charge in [-0.05, 0) is 25.0 Å². The maximum absolute atomic E-state index is 13.3. The second-order valence-electron chi connectivity index (χ2n) is 4.56. The molecule has 2 N–H and O–H groups in total. The highest BCUT2D eigenvalue weighted by molar-refractivity contribution is 5.94. The minimum absolute atomic E-state index is 0.0620. The molecule has 0 saturated heterocycles. The molecular formula is C12H12F3NO2. The number of hydrogen-bond acceptors (Lipinski definition) is 2. The number of rotatable bonds is 4. The van der Waals surface area contributed by atoms with Gasteiger partial charge in [-0.3, -0.25) is 4.79 Å². The molecule has 0 spiro atoms. The van der Waals surface area contributed by atoms with Gasteiger partial charge >= 0.3 is 0 Å². The Hall–Kier alpha value is -1.56. The number of benzene rings is 1. The number of hydrogen-bond donors (Lipinski definition) is 2. The summed E-state index contributed by atoms with van der Waals surface area (Å²) in [5, 5.41) is 11.5. The van der Waals surface area contributed by atoms with Crippen LogP contribution in [0.5, 0.6) is 0 Å². The molecule has 0 aromatic heterocycles. The first-order valence-electron chi connectivity index (χ1n) is 5.52. The Morgan fingerprint density at radius 3 is 2.50 bits per heavy atom. The molecule has 0 atom stereocenters. The number of nitrogens with one attached hydrogen (secondary N) is 1. The molecule has 2 rings (SSSR count). The highest BCUT2D eigenvalue weighted by atomic mass is 19.2. The average Bonchev–Trinajstić information content (AvgIpc) is 3.14. The summed E-state index contributed by atoms with van der Waals surface area (Å²) in [6.45, 7) is 0.133. The summed E-state index contributed by atoms with van der Waals surface area (Å²) in [7, 11) is 0. The fourth-order valence-electron chi connectivity index (χ4n) is 1.63. The van der Waals surface area contributed by atoms with Crippen LogP contribution in [0.2, 0.25) is 0 Å². The van der Waals surface area contributed by atoms with E-state index in [4.69, 9.17) is 5.11 Å². The van der Waals surface area contributed by atoms with Gasteiger partial charge in [0.15, 0.2) is 17.5 Å². The van der Waals surface area contributed by atoms with Gasteiger partial charge in [0.2, 0.25) is 0 Å². The van der Waals surface area contributed by atoms with E-state index >= 15 is 0 Å². The minimum atomic E-state index is -1.66. The maximum Gasteiger partial charge on any atom is 0.254 e. The van der Waals surface area contributed by atoms with Gasteiger partial charge < -0.3 is 10.4 Å². The monoisotopic (exact) mass is 259 g/mol. The zero-order chi connectivity index (χ0) is 13.3. The molecule has 3 nitrogen and oxygen atoms in total. The van der Waals surface area contributed by atoms with Crippen LogP contribution >= 0.6 is 0 Å². The van der Waals surface area contributed by atoms with E-state index in [0.717, 1.165) is 18.9 Å². The lowest BCUT2D eigenvalue weighted by molar-refractivity contribution is 0.0930. The second-order valence-corrected chi connectivity index (χ2v) is 4.56. The first-order chi connectivity index (χ1) is 8.49. The number of aliphatic hydroxyl groups is 1. The van der Waals surface area contributed by atoms with Crippen LogP contribution in [0.4, 0.5) is 13.2 Å². The quantitative estimate of drug-likeness (QED) is 0.807. The third kappa shape index (κ3) is 2.33. The molecule has 0 radical (unpaired) electrons. The van der Waals surface area contributed by atoms with Crippen LogP contribution < -0.4 is 5.32 Å². The summed E-state index contributed by atoms with van der Waals surface area (Å²) >= 11 is 0. The summed E-state index contributed by atoms with van der Waals surface area (Å²) < 4.78 is 38.9. The number of halogens is 3. The Morgan fingerprint density at radius 1 is 1.28 bits per heavy atom. The van der Waals surface area contributed by atoms with Crippen molar-refractivity contribution in [2.24, 2.45) is 5.41 Å². The summed E-state index contributed by atoms with van der Waals surface area (Å²) in [6.07, 6.45) is 1.56. The lowest BCUT2D eigenvalue weighted by Crippen LogP contribution is -2.32. The molecule has 0 bridgehead atoms. The lowest BCUT2D eigenvalue weighted by Gasteiger charge is -2.13. The zero-order valence-corrected chi connectivity index (χ0v) is 9.47. The van der Waals surface area contributed by atoms with Crippen molar-refractivity contribution in [3.05, 3.63) is 35.1 Å². The topological polar surface area (TPSA) is 49.3 Å². The molecule has 1 aromatic rings. The van der Waals surface area contributed by atoms with E-state index in [9.17, 15) is 18.0 Å². The molecule has 0 heterocycles. The van der Waals surface area contributed by atoms with E-state index in [1.54, 1.807) is 0 Å². The number of carbonyl (C=O) groups is 1. The molecular weight excluding hydrogens is 247 g/mol. The highest BCUT2D eigenvalue weighted by Crippen LogP contribution is 2.44. The Bertz CT molecular complexity index is 486. The van der Waals surface area contributed by atoms with Crippen LogP contribution in [0.1, 0.15) is 23.2 Å². The van der Waals surface area contributed by atoms with Gasteiger partial charge in [-0.15, -0.1) is 0 Å². The van der Waals surface area contributed by atoms with Crippen molar-refractivity contribution in [1.82, 2.24) is 5.32 Å². The molecule has 1 fully saturated rings. The minimum Gasteiger partial charge on any atom is -0.396 e. The molecule has 1 amide bonds. The van der Waals surface area contributed by atoms with Gasteiger partial charge in [-0.1, -0.05) is 0 Å². The lowest BCUT2D eigenvalue weighted by atomic mass is 10.1. The van der Waals surface area contributed by atoms with Crippen LogP contribution in [-0.4, -0.2) is 24.2 Å². The normalized spacial score (nSPS) is 16.4. The smallest absolute Gasteiger partial charge is 0.254 e. The Morgan fingerprint density at radius 2 is 1.94 bits per heavy atom. The average molecular weight is 259 g/mol. The van der Waals surface area contributed by atoms with Gasteiger partial charge in [-0.25, -0.2) is 13.2 Å². The van der Waals surface area contributed by atoms with Gasteiger partial charge in [-0.2, -0.15) is 0 Å². The molecule has 18 heavy (non-hydrogen) atoms. The molecule has 1 aliphatic rings. The third-order valence-electron chi connectivity index (χ3n) is 3.20. The van der Waals surface area contributed by atoms with Crippen LogP contribution in [0.25, 0.3) is 0 Å². The van der Waals surface area contributed by atoms with Crippen molar-refractivity contribution in [2.75, 3.05) is 13.2 Å². The predicted molar refractivity (Wildman–Crippen MR) is 57.4 cm³/mol. The largest absolute Gasteiger partial charge is 0.396 e. The maximum atomic E-state index is 13.3. The molecule has 0 aliphatic heterocycles. The van der Waals surface area contributed by atoms with Crippen molar-refractivity contribution < 1.29 is 23.1 Å². The SMILES string of the molecule is O=C(NCC1(CO)CC1)c1ccc(F)c(F)c1F. The number of aliphatic hydroxyl groups excluding tert-OH is 1. The van der Waals surface area contributed by atoms with Crippen molar-refractivity contribution in [2.45, 2.75) is 12.8 Å². The van der Waals surface area contributed by atoms with Crippen LogP contribution in [0.15, 0.2) is 12.1 Å². The second kappa shape index (κ2) is 4.61. The van der Waals surface area contributed by atoms with Crippen LogP contribution in [0, 0.1) is 22.9 Å². The van der Waals surface area contributed by atoms with E-state index in [-0.39, 0.29) is 18.6 Å². The van der Waals surface area contributed by atoms with Crippen molar-refractivity contribution in [3.8, 4) is 0 Å².